The molecule has 6 atom stereocenters. The van der Waals surface area contributed by atoms with Gasteiger partial charge in [0.2, 0.25) is 0 Å². The van der Waals surface area contributed by atoms with Crippen molar-refractivity contribution in [3.05, 3.63) is 71.8 Å². The molecule has 154 valence electrons. The van der Waals surface area contributed by atoms with Gasteiger partial charge in [-0.1, -0.05) is 48.5 Å². The van der Waals surface area contributed by atoms with Crippen molar-refractivity contribution < 1.29 is 33.2 Å². The highest BCUT2D eigenvalue weighted by Crippen LogP contribution is 2.36. The van der Waals surface area contributed by atoms with E-state index in [-0.39, 0.29) is 0 Å². The zero-order valence-electron chi connectivity index (χ0n) is 16.3. The minimum atomic E-state index is -0.798. The first-order chi connectivity index (χ1) is 14.2. The van der Waals surface area contributed by atoms with E-state index in [9.17, 15) is 4.79 Å². The van der Waals surface area contributed by atoms with Crippen LogP contribution in [0.3, 0.4) is 0 Å². The number of benzene rings is 2. The fraction of sp³-hybridized carbons (Fsp3) is 0.409. The molecule has 2 saturated heterocycles. The fourth-order valence-corrected chi connectivity index (χ4v) is 3.68. The molecule has 0 aliphatic carbocycles. The van der Waals surface area contributed by atoms with Gasteiger partial charge in [0.05, 0.1) is 12.2 Å². The lowest BCUT2D eigenvalue weighted by molar-refractivity contribution is -0.359. The summed E-state index contributed by atoms with van der Waals surface area (Å²) < 4.78 is 34.9. The largest absolute Gasteiger partial charge is 0.450 e. The summed E-state index contributed by atoms with van der Waals surface area (Å²) in [6.45, 7) is 0.309. The van der Waals surface area contributed by atoms with Crippen LogP contribution >= 0.6 is 0 Å². The predicted molar refractivity (Wildman–Crippen MR) is 102 cm³/mol. The summed E-state index contributed by atoms with van der Waals surface area (Å²) in [5.41, 5.74) is 1.34. The molecule has 0 aromatic heterocycles. The molecule has 0 N–H and O–H groups in total. The van der Waals surface area contributed by atoms with Crippen molar-refractivity contribution in [1.29, 1.82) is 0 Å². The highest BCUT2D eigenvalue weighted by atomic mass is 16.8. The first-order valence-electron chi connectivity index (χ1n) is 9.50. The van der Waals surface area contributed by atoms with Crippen LogP contribution in [-0.2, 0) is 28.4 Å². The maximum absolute atomic E-state index is 12.6. The molecule has 4 rings (SSSR count). The Morgan fingerprint density at radius 2 is 1.59 bits per heavy atom. The van der Waals surface area contributed by atoms with Gasteiger partial charge in [-0.05, 0) is 12.1 Å². The molecule has 0 bridgehead atoms. The van der Waals surface area contributed by atoms with E-state index < -0.39 is 43.0 Å². The Balaban J connectivity index is 1.54. The molecule has 2 fully saturated rings. The van der Waals surface area contributed by atoms with Gasteiger partial charge in [-0.25, -0.2) is 4.79 Å². The third kappa shape index (κ3) is 4.19. The number of hydrogen-bond donors (Lipinski definition) is 0. The molecule has 2 aliphatic heterocycles. The third-order valence-electron chi connectivity index (χ3n) is 5.11. The Labute approximate surface area is 169 Å². The number of methoxy groups -OCH3 is 2. The molecule has 2 aliphatic rings. The molecule has 7 nitrogen and oxygen atoms in total. The molecule has 7 heteroatoms. The number of ether oxygens (including phenoxy) is 6. The molecular weight excluding hydrogens is 376 g/mol. The Bertz CT molecular complexity index is 797. The van der Waals surface area contributed by atoms with Crippen molar-refractivity contribution in [3.8, 4) is 0 Å². The first kappa shape index (κ1) is 20.0. The van der Waals surface area contributed by atoms with Crippen LogP contribution < -0.4 is 0 Å². The summed E-state index contributed by atoms with van der Waals surface area (Å²) in [6, 6.07) is 18.4. The van der Waals surface area contributed by atoms with E-state index in [2.05, 4.69) is 0 Å². The van der Waals surface area contributed by atoms with E-state index in [4.69, 9.17) is 28.4 Å². The quantitative estimate of drug-likeness (QED) is 0.715. The maximum atomic E-state index is 12.6. The van der Waals surface area contributed by atoms with Gasteiger partial charge >= 0.3 is 5.97 Å². The average Bonchev–Trinajstić information content (AvgIpc) is 2.79. The van der Waals surface area contributed by atoms with Crippen molar-refractivity contribution in [2.75, 3.05) is 20.8 Å². The summed E-state index contributed by atoms with van der Waals surface area (Å²) in [4.78, 5) is 12.6. The molecule has 0 unspecified atom stereocenters. The van der Waals surface area contributed by atoms with Crippen LogP contribution in [0.5, 0.6) is 0 Å². The van der Waals surface area contributed by atoms with Crippen molar-refractivity contribution >= 4 is 5.97 Å². The number of esters is 1. The topological polar surface area (TPSA) is 72.5 Å². The number of hydrogen-bond acceptors (Lipinski definition) is 7. The zero-order chi connectivity index (χ0) is 20.2. The predicted octanol–water partition coefficient (Wildman–Crippen LogP) is 2.71. The number of fused-ring (bicyclic) bond motifs is 1. The van der Waals surface area contributed by atoms with Gasteiger partial charge < -0.3 is 28.4 Å². The minimum Gasteiger partial charge on any atom is -0.450 e. The van der Waals surface area contributed by atoms with Crippen LogP contribution in [-0.4, -0.2) is 57.5 Å². The highest BCUT2D eigenvalue weighted by molar-refractivity contribution is 5.89. The van der Waals surface area contributed by atoms with Gasteiger partial charge in [-0.15, -0.1) is 0 Å². The van der Waals surface area contributed by atoms with Crippen molar-refractivity contribution in [3.63, 3.8) is 0 Å². The van der Waals surface area contributed by atoms with Gasteiger partial charge in [0, 0.05) is 19.8 Å². The molecule has 29 heavy (non-hydrogen) atoms. The van der Waals surface area contributed by atoms with Crippen molar-refractivity contribution in [2.45, 2.75) is 37.0 Å². The standard InChI is InChI=1S/C22H24O7/c1-24-18-17-16(13-26-21(29-17)15-11-7-4-8-12-15)27-22(25-2)19(18)28-20(23)14-9-5-3-6-10-14/h3-12,16-19,21-22H,13H2,1-2H3/t16-,17-,18+,19-,21+,22+/m1/s1. The normalized spacial score (nSPS) is 31.7. The van der Waals surface area contributed by atoms with Crippen molar-refractivity contribution in [2.24, 2.45) is 0 Å². The Morgan fingerprint density at radius 1 is 0.897 bits per heavy atom. The second-order valence-corrected chi connectivity index (χ2v) is 6.89. The van der Waals surface area contributed by atoms with E-state index in [0.29, 0.717) is 12.2 Å². The van der Waals surface area contributed by atoms with Crippen LogP contribution in [0.2, 0.25) is 0 Å². The SMILES string of the molecule is CO[C@H]1O[C@@H]2CO[C@H](c3ccccc3)O[C@H]2[C@H](OC)[C@H]1OC(=O)c1ccccc1. The van der Waals surface area contributed by atoms with Gasteiger partial charge in [0.25, 0.3) is 0 Å². The Morgan fingerprint density at radius 3 is 2.24 bits per heavy atom. The lowest BCUT2D eigenvalue weighted by Gasteiger charge is -2.47. The monoisotopic (exact) mass is 400 g/mol. The minimum absolute atomic E-state index is 0.309. The van der Waals surface area contributed by atoms with Crippen LogP contribution in [0.15, 0.2) is 60.7 Å². The fourth-order valence-electron chi connectivity index (χ4n) is 3.68. The van der Waals surface area contributed by atoms with E-state index in [0.717, 1.165) is 5.56 Å². The summed E-state index contributed by atoms with van der Waals surface area (Å²) >= 11 is 0. The summed E-state index contributed by atoms with van der Waals surface area (Å²) in [5.74, 6) is -0.478. The van der Waals surface area contributed by atoms with E-state index in [1.807, 2.05) is 36.4 Å². The molecule has 0 spiro atoms. The Hall–Kier alpha value is -2.29. The van der Waals surface area contributed by atoms with Crippen molar-refractivity contribution in [1.82, 2.24) is 0 Å². The van der Waals surface area contributed by atoms with Crippen LogP contribution in [0.1, 0.15) is 22.2 Å². The average molecular weight is 400 g/mol. The second kappa shape index (κ2) is 9.02. The molecule has 0 radical (unpaired) electrons. The second-order valence-electron chi connectivity index (χ2n) is 6.89. The summed E-state index contributed by atoms with van der Waals surface area (Å²) in [7, 11) is 3.05. The number of rotatable bonds is 5. The van der Waals surface area contributed by atoms with E-state index in [1.54, 1.807) is 31.4 Å². The molecule has 2 aromatic rings. The maximum Gasteiger partial charge on any atom is 0.338 e. The van der Waals surface area contributed by atoms with Gasteiger partial charge in [0.1, 0.15) is 18.3 Å². The molecule has 0 amide bonds. The van der Waals surface area contributed by atoms with E-state index in [1.165, 1.54) is 7.11 Å². The highest BCUT2D eigenvalue weighted by Gasteiger charge is 2.52. The van der Waals surface area contributed by atoms with Gasteiger partial charge in [-0.3, -0.25) is 0 Å². The third-order valence-corrected chi connectivity index (χ3v) is 5.11. The van der Waals surface area contributed by atoms with Gasteiger partial charge in [0.15, 0.2) is 18.7 Å². The van der Waals surface area contributed by atoms with E-state index >= 15 is 0 Å². The van der Waals surface area contributed by atoms with Crippen LogP contribution in [0.4, 0.5) is 0 Å². The van der Waals surface area contributed by atoms with Crippen LogP contribution in [0, 0.1) is 0 Å². The number of carbonyl (C=O) groups is 1. The first-order valence-corrected chi connectivity index (χ1v) is 9.50. The summed E-state index contributed by atoms with van der Waals surface area (Å²) in [5, 5.41) is 0. The smallest absolute Gasteiger partial charge is 0.338 e. The summed E-state index contributed by atoms with van der Waals surface area (Å²) in [6.07, 6.45) is -3.62. The van der Waals surface area contributed by atoms with Gasteiger partial charge in [-0.2, -0.15) is 0 Å². The molecule has 0 saturated carbocycles. The molecule has 2 heterocycles. The lowest BCUT2D eigenvalue weighted by Crippen LogP contribution is -2.63. The molecule has 2 aromatic carbocycles. The lowest BCUT2D eigenvalue weighted by atomic mass is 9.97. The Kier molecular flexibility index (Phi) is 6.22. The van der Waals surface area contributed by atoms with Crippen LogP contribution in [0.25, 0.3) is 0 Å². The number of carbonyl (C=O) groups excluding carboxylic acids is 1. The molecular formula is C22H24O7. The zero-order valence-corrected chi connectivity index (χ0v) is 16.3.